The summed E-state index contributed by atoms with van der Waals surface area (Å²) in [4.78, 5) is 12.6. The number of rotatable bonds is 7. The zero-order chi connectivity index (χ0) is 23.9. The number of aromatic nitrogens is 4. The van der Waals surface area contributed by atoms with Crippen LogP contribution in [0.3, 0.4) is 0 Å². The summed E-state index contributed by atoms with van der Waals surface area (Å²) < 4.78 is 55.4. The zero-order valence-electron chi connectivity index (χ0n) is 18.0. The molecular weight excluding hydrogens is 462 g/mol. The van der Waals surface area contributed by atoms with E-state index in [1.165, 1.54) is 16.8 Å². The Labute approximate surface area is 192 Å². The molecular formula is C22H22ClF4N5O. The molecule has 1 N–H and O–H groups in total. The molecule has 1 fully saturated rings. The molecule has 1 aliphatic rings. The van der Waals surface area contributed by atoms with Crippen molar-refractivity contribution >= 4 is 23.2 Å². The van der Waals surface area contributed by atoms with Crippen LogP contribution < -0.4 is 5.32 Å². The molecule has 1 saturated carbocycles. The minimum Gasteiger partial charge on any atom is -0.323 e. The zero-order valence-corrected chi connectivity index (χ0v) is 18.8. The lowest BCUT2D eigenvalue weighted by Crippen LogP contribution is -2.17. The highest BCUT2D eigenvalue weighted by atomic mass is 35.5. The van der Waals surface area contributed by atoms with Crippen LogP contribution in [0.1, 0.15) is 53.5 Å². The number of hydrogen-bond donors (Lipinski definition) is 1. The SMILES string of the molecule is Cc1nn(Cc2ccc(F)cc2Cl)c(C)c1NC(=O)CCn1nc(C(F)(F)F)cc1C1CC1. The lowest BCUT2D eigenvalue weighted by atomic mass is 10.2. The summed E-state index contributed by atoms with van der Waals surface area (Å²) >= 11 is 6.10. The average molecular weight is 484 g/mol. The van der Waals surface area contributed by atoms with E-state index in [4.69, 9.17) is 11.6 Å². The molecule has 33 heavy (non-hydrogen) atoms. The number of amides is 1. The fourth-order valence-corrected chi connectivity index (χ4v) is 3.94. The second-order valence-electron chi connectivity index (χ2n) is 8.19. The summed E-state index contributed by atoms with van der Waals surface area (Å²) in [7, 11) is 0. The third-order valence-electron chi connectivity index (χ3n) is 5.63. The van der Waals surface area contributed by atoms with Crippen molar-refractivity contribution in [2.45, 2.75) is 58.3 Å². The van der Waals surface area contributed by atoms with Gasteiger partial charge in [-0.2, -0.15) is 23.4 Å². The summed E-state index contributed by atoms with van der Waals surface area (Å²) in [6.07, 6.45) is -2.91. The maximum atomic E-state index is 13.3. The van der Waals surface area contributed by atoms with Crippen molar-refractivity contribution in [1.29, 1.82) is 0 Å². The van der Waals surface area contributed by atoms with Gasteiger partial charge in [-0.1, -0.05) is 17.7 Å². The topological polar surface area (TPSA) is 64.7 Å². The van der Waals surface area contributed by atoms with Crippen molar-refractivity contribution < 1.29 is 22.4 Å². The van der Waals surface area contributed by atoms with Gasteiger partial charge in [-0.3, -0.25) is 14.2 Å². The van der Waals surface area contributed by atoms with E-state index in [0.29, 0.717) is 34.9 Å². The fourth-order valence-electron chi connectivity index (χ4n) is 3.71. The molecule has 0 bridgehead atoms. The molecule has 176 valence electrons. The van der Waals surface area contributed by atoms with Crippen LogP contribution in [-0.2, 0) is 24.1 Å². The molecule has 3 aromatic rings. The van der Waals surface area contributed by atoms with Crippen LogP contribution >= 0.6 is 11.6 Å². The number of halogens is 5. The number of aryl methyl sites for hydroxylation is 2. The van der Waals surface area contributed by atoms with Gasteiger partial charge in [0.05, 0.1) is 23.6 Å². The molecule has 1 aliphatic carbocycles. The Bertz CT molecular complexity index is 1200. The molecule has 11 heteroatoms. The number of benzene rings is 1. The highest BCUT2D eigenvalue weighted by molar-refractivity contribution is 6.31. The minimum atomic E-state index is -4.52. The Kier molecular flexibility index (Phi) is 6.22. The minimum absolute atomic E-state index is 0.0352. The molecule has 0 aliphatic heterocycles. The second kappa shape index (κ2) is 8.81. The highest BCUT2D eigenvalue weighted by Gasteiger charge is 2.37. The Balaban J connectivity index is 1.44. The van der Waals surface area contributed by atoms with Crippen molar-refractivity contribution in [3.05, 3.63) is 63.4 Å². The lowest BCUT2D eigenvalue weighted by molar-refractivity contribution is -0.141. The van der Waals surface area contributed by atoms with Crippen LogP contribution in [0.4, 0.5) is 23.2 Å². The third-order valence-corrected chi connectivity index (χ3v) is 5.98. The monoisotopic (exact) mass is 483 g/mol. The van der Waals surface area contributed by atoms with Crippen LogP contribution in [0.2, 0.25) is 5.02 Å². The van der Waals surface area contributed by atoms with Gasteiger partial charge in [0, 0.05) is 29.6 Å². The number of hydrogen-bond acceptors (Lipinski definition) is 3. The summed E-state index contributed by atoms with van der Waals surface area (Å²) in [5.74, 6) is -0.724. The summed E-state index contributed by atoms with van der Waals surface area (Å²) in [6, 6.07) is 5.18. The van der Waals surface area contributed by atoms with Gasteiger partial charge in [0.1, 0.15) is 5.82 Å². The van der Waals surface area contributed by atoms with E-state index < -0.39 is 17.7 Å². The Morgan fingerprint density at radius 2 is 1.91 bits per heavy atom. The first-order valence-electron chi connectivity index (χ1n) is 10.5. The molecule has 0 spiro atoms. The van der Waals surface area contributed by atoms with Crippen molar-refractivity contribution in [2.75, 3.05) is 5.32 Å². The van der Waals surface area contributed by atoms with Gasteiger partial charge < -0.3 is 5.32 Å². The predicted molar refractivity (Wildman–Crippen MR) is 115 cm³/mol. The molecule has 4 rings (SSSR count). The summed E-state index contributed by atoms with van der Waals surface area (Å²) in [6.45, 7) is 3.85. The van der Waals surface area contributed by atoms with E-state index in [9.17, 15) is 22.4 Å². The van der Waals surface area contributed by atoms with E-state index in [2.05, 4.69) is 15.5 Å². The van der Waals surface area contributed by atoms with Crippen molar-refractivity contribution in [2.24, 2.45) is 0 Å². The average Bonchev–Trinajstić information content (AvgIpc) is 3.42. The molecule has 2 heterocycles. The largest absolute Gasteiger partial charge is 0.435 e. The van der Waals surface area contributed by atoms with Crippen LogP contribution in [0.5, 0.6) is 0 Å². The van der Waals surface area contributed by atoms with Gasteiger partial charge in [0.2, 0.25) is 5.91 Å². The first kappa shape index (κ1) is 23.3. The van der Waals surface area contributed by atoms with Crippen molar-refractivity contribution in [3.63, 3.8) is 0 Å². The van der Waals surface area contributed by atoms with Gasteiger partial charge >= 0.3 is 6.18 Å². The highest BCUT2D eigenvalue weighted by Crippen LogP contribution is 2.42. The van der Waals surface area contributed by atoms with Crippen LogP contribution in [-0.4, -0.2) is 25.5 Å². The molecule has 0 saturated heterocycles. The van der Waals surface area contributed by atoms with E-state index >= 15 is 0 Å². The van der Waals surface area contributed by atoms with Gasteiger partial charge in [0.15, 0.2) is 5.69 Å². The normalized spacial score (nSPS) is 14.0. The molecule has 0 atom stereocenters. The molecule has 1 aromatic carbocycles. The maximum Gasteiger partial charge on any atom is 0.435 e. The van der Waals surface area contributed by atoms with E-state index in [1.807, 2.05) is 0 Å². The van der Waals surface area contributed by atoms with E-state index in [1.54, 1.807) is 24.6 Å². The second-order valence-corrected chi connectivity index (χ2v) is 8.59. The van der Waals surface area contributed by atoms with Crippen LogP contribution in [0, 0.1) is 19.7 Å². The van der Waals surface area contributed by atoms with Gasteiger partial charge in [-0.05, 0) is 50.5 Å². The molecule has 0 unspecified atom stereocenters. The molecule has 2 aromatic heterocycles. The Morgan fingerprint density at radius 3 is 2.55 bits per heavy atom. The van der Waals surface area contributed by atoms with Crippen molar-refractivity contribution in [1.82, 2.24) is 19.6 Å². The van der Waals surface area contributed by atoms with Gasteiger partial charge in [-0.15, -0.1) is 0 Å². The summed E-state index contributed by atoms with van der Waals surface area (Å²) in [5.41, 5.74) is 2.05. The van der Waals surface area contributed by atoms with Gasteiger partial charge in [0.25, 0.3) is 0 Å². The third kappa shape index (κ3) is 5.21. The molecule has 0 radical (unpaired) electrons. The Hall–Kier alpha value is -2.88. The Morgan fingerprint density at radius 1 is 1.18 bits per heavy atom. The van der Waals surface area contributed by atoms with Crippen LogP contribution in [0.25, 0.3) is 0 Å². The summed E-state index contributed by atoms with van der Waals surface area (Å²) in [5, 5.41) is 11.2. The van der Waals surface area contributed by atoms with E-state index in [-0.39, 0.29) is 29.8 Å². The first-order chi connectivity index (χ1) is 15.5. The predicted octanol–water partition coefficient (Wildman–Crippen LogP) is 5.46. The quantitative estimate of drug-likeness (QED) is 0.454. The first-order valence-corrected chi connectivity index (χ1v) is 10.8. The smallest absolute Gasteiger partial charge is 0.323 e. The van der Waals surface area contributed by atoms with Crippen LogP contribution in [0.15, 0.2) is 24.3 Å². The number of anilines is 1. The lowest BCUT2D eigenvalue weighted by Gasteiger charge is -2.09. The number of nitrogens with zero attached hydrogens (tertiary/aromatic N) is 4. The number of alkyl halides is 3. The van der Waals surface area contributed by atoms with Gasteiger partial charge in [-0.25, -0.2) is 4.39 Å². The van der Waals surface area contributed by atoms with E-state index in [0.717, 1.165) is 18.9 Å². The maximum absolute atomic E-state index is 13.3. The standard InChI is InChI=1S/C22H22ClF4N5O/c1-12-21(13(2)32(29-12)11-15-5-6-16(24)9-17(15)23)28-20(33)7-8-31-18(14-3-4-14)10-19(30-31)22(25,26)27/h5-6,9-10,14H,3-4,7-8,11H2,1-2H3,(H,28,33). The molecule has 6 nitrogen and oxygen atoms in total. The number of carbonyl (C=O) groups is 1. The van der Waals surface area contributed by atoms with Crippen molar-refractivity contribution in [3.8, 4) is 0 Å². The number of nitrogens with one attached hydrogen (secondary N) is 1. The fraction of sp³-hybridized carbons (Fsp3) is 0.409. The molecule has 1 amide bonds. The number of carbonyl (C=O) groups excluding carboxylic acids is 1.